The van der Waals surface area contributed by atoms with Crippen LogP contribution in [0.25, 0.3) is 0 Å². The van der Waals surface area contributed by atoms with Crippen molar-refractivity contribution in [2.24, 2.45) is 0 Å². The van der Waals surface area contributed by atoms with Crippen LogP contribution in [0.2, 0.25) is 0 Å². The third-order valence-corrected chi connectivity index (χ3v) is 5.48. The van der Waals surface area contributed by atoms with E-state index in [1.54, 1.807) is 0 Å². The van der Waals surface area contributed by atoms with Crippen molar-refractivity contribution < 1.29 is 9.18 Å². The topological polar surface area (TPSA) is 47.6 Å². The molecule has 2 saturated heterocycles. The van der Waals surface area contributed by atoms with E-state index in [1.807, 2.05) is 24.3 Å². The zero-order valence-electron chi connectivity index (χ0n) is 15.5. The van der Waals surface area contributed by atoms with Crippen molar-refractivity contribution in [2.45, 2.75) is 25.7 Å². The second kappa shape index (κ2) is 7.66. The molecule has 2 unspecified atom stereocenters. The Balaban J connectivity index is 1.41. The van der Waals surface area contributed by atoms with Gasteiger partial charge in [0, 0.05) is 44.3 Å². The number of nitrogens with zero attached hydrogens (tertiary/aromatic N) is 2. The smallest absolute Gasteiger partial charge is 0.224 e. The maximum Gasteiger partial charge on any atom is 0.224 e. The Labute approximate surface area is 159 Å². The number of carbonyl (C=O) groups is 1. The first-order valence-electron chi connectivity index (χ1n) is 9.46. The number of hydrogen-bond donors (Lipinski definition) is 2. The zero-order chi connectivity index (χ0) is 18.8. The van der Waals surface area contributed by atoms with Gasteiger partial charge in [-0.3, -0.25) is 15.0 Å². The number of carbonyl (C=O) groups excluding carboxylic acids is 1. The van der Waals surface area contributed by atoms with Crippen molar-refractivity contribution in [1.82, 2.24) is 15.5 Å². The van der Waals surface area contributed by atoms with Gasteiger partial charge in [-0.2, -0.15) is 0 Å². The molecule has 2 heterocycles. The molecule has 27 heavy (non-hydrogen) atoms. The van der Waals surface area contributed by atoms with Crippen molar-refractivity contribution in [3.63, 3.8) is 0 Å². The summed E-state index contributed by atoms with van der Waals surface area (Å²) in [5.74, 6) is -0.137. The molecular formula is C21H25FN4O. The largest absolute Gasteiger partial charge is 0.369 e. The van der Waals surface area contributed by atoms with Crippen LogP contribution in [0, 0.1) is 12.7 Å². The molecule has 2 aliphatic heterocycles. The van der Waals surface area contributed by atoms with Crippen LogP contribution in [0.5, 0.6) is 0 Å². The van der Waals surface area contributed by atoms with Crippen LogP contribution in [-0.2, 0) is 4.79 Å². The summed E-state index contributed by atoms with van der Waals surface area (Å²) in [4.78, 5) is 16.8. The molecule has 4 rings (SSSR count). The number of aryl methyl sites for hydroxylation is 1. The van der Waals surface area contributed by atoms with E-state index in [1.165, 1.54) is 23.3 Å². The molecule has 142 valence electrons. The van der Waals surface area contributed by atoms with Crippen molar-refractivity contribution in [3.05, 3.63) is 65.5 Å². The second-order valence-corrected chi connectivity index (χ2v) is 7.25. The zero-order valence-corrected chi connectivity index (χ0v) is 15.5. The first-order valence-corrected chi connectivity index (χ1v) is 9.46. The third kappa shape index (κ3) is 3.96. The highest BCUT2D eigenvalue weighted by molar-refractivity contribution is 5.78. The summed E-state index contributed by atoms with van der Waals surface area (Å²) in [5.41, 5.74) is 3.42. The molecule has 2 atom stereocenters. The van der Waals surface area contributed by atoms with Gasteiger partial charge >= 0.3 is 0 Å². The molecular weight excluding hydrogens is 343 g/mol. The van der Waals surface area contributed by atoms with Crippen LogP contribution in [0.3, 0.4) is 0 Å². The number of rotatable bonds is 3. The normalized spacial score (nSPS) is 23.9. The fraction of sp³-hybridized carbons (Fsp3) is 0.381. The van der Waals surface area contributed by atoms with Crippen LogP contribution in [0.4, 0.5) is 10.1 Å². The molecule has 5 nitrogen and oxygen atoms in total. The Hall–Kier alpha value is -2.44. The average Bonchev–Trinajstić information content (AvgIpc) is 2.69. The molecule has 0 aliphatic carbocycles. The lowest BCUT2D eigenvalue weighted by molar-refractivity contribution is -0.127. The minimum atomic E-state index is -0.214. The fourth-order valence-corrected chi connectivity index (χ4v) is 3.95. The summed E-state index contributed by atoms with van der Waals surface area (Å²) in [6.45, 7) is 5.43. The molecule has 2 N–H and O–H groups in total. The summed E-state index contributed by atoms with van der Waals surface area (Å²) >= 11 is 0. The quantitative estimate of drug-likeness (QED) is 0.873. The Morgan fingerprint density at radius 1 is 1.00 bits per heavy atom. The second-order valence-electron chi connectivity index (χ2n) is 7.25. The SMILES string of the molecule is Cc1ccccc1C1CC(=O)NC(N2CCN(c3ccc(F)cc3)CC2)N1. The molecule has 0 radical (unpaired) electrons. The molecule has 2 fully saturated rings. The van der Waals surface area contributed by atoms with Gasteiger partial charge in [0.15, 0.2) is 0 Å². The van der Waals surface area contributed by atoms with Crippen molar-refractivity contribution in [2.75, 3.05) is 31.1 Å². The summed E-state index contributed by atoms with van der Waals surface area (Å²) in [5, 5.41) is 6.67. The van der Waals surface area contributed by atoms with Crippen LogP contribution in [0.1, 0.15) is 23.6 Å². The lowest BCUT2D eigenvalue weighted by Crippen LogP contribution is -2.64. The maximum atomic E-state index is 13.1. The molecule has 2 aliphatic rings. The summed E-state index contributed by atoms with van der Waals surface area (Å²) < 4.78 is 13.1. The van der Waals surface area contributed by atoms with E-state index < -0.39 is 0 Å². The van der Waals surface area contributed by atoms with Gasteiger partial charge in [0.25, 0.3) is 0 Å². The van der Waals surface area contributed by atoms with Gasteiger partial charge in [-0.15, -0.1) is 0 Å². The van der Waals surface area contributed by atoms with Crippen molar-refractivity contribution >= 4 is 11.6 Å². The highest BCUT2D eigenvalue weighted by atomic mass is 19.1. The third-order valence-electron chi connectivity index (χ3n) is 5.48. The highest BCUT2D eigenvalue weighted by Gasteiger charge is 2.32. The highest BCUT2D eigenvalue weighted by Crippen LogP contribution is 2.24. The van der Waals surface area contributed by atoms with Crippen LogP contribution >= 0.6 is 0 Å². The van der Waals surface area contributed by atoms with Crippen molar-refractivity contribution in [3.8, 4) is 0 Å². The monoisotopic (exact) mass is 368 g/mol. The lowest BCUT2D eigenvalue weighted by Gasteiger charge is -2.43. The van der Waals surface area contributed by atoms with Crippen molar-refractivity contribution in [1.29, 1.82) is 0 Å². The molecule has 2 aromatic carbocycles. The molecule has 2 aromatic rings. The summed E-state index contributed by atoms with van der Waals surface area (Å²) in [6.07, 6.45) is 0.294. The lowest BCUT2D eigenvalue weighted by atomic mass is 9.97. The summed E-state index contributed by atoms with van der Waals surface area (Å²) in [7, 11) is 0. The first kappa shape index (κ1) is 17.9. The van der Waals surface area contributed by atoms with Gasteiger partial charge in [0.1, 0.15) is 12.1 Å². The molecule has 0 bridgehead atoms. The standard InChI is InChI=1S/C21H25FN4O/c1-15-4-2-3-5-18(15)19-14-20(27)24-21(23-19)26-12-10-25(11-13-26)17-8-6-16(22)7-9-17/h2-9,19,21,23H,10-14H2,1H3,(H,24,27). The molecule has 0 spiro atoms. The van der Waals surface area contributed by atoms with Gasteiger partial charge in [0.2, 0.25) is 5.91 Å². The van der Waals surface area contributed by atoms with E-state index in [0.717, 1.165) is 31.9 Å². The predicted octanol–water partition coefficient (Wildman–Crippen LogP) is 2.39. The minimum Gasteiger partial charge on any atom is -0.369 e. The number of nitrogens with one attached hydrogen (secondary N) is 2. The number of piperazine rings is 1. The molecule has 0 aromatic heterocycles. The maximum absolute atomic E-state index is 13.1. The van der Waals surface area contributed by atoms with Crippen LogP contribution < -0.4 is 15.5 Å². The Morgan fingerprint density at radius 2 is 1.70 bits per heavy atom. The minimum absolute atomic E-state index is 0.0279. The molecule has 6 heteroatoms. The Bertz CT molecular complexity index is 802. The van der Waals surface area contributed by atoms with Gasteiger partial charge in [0.05, 0.1) is 0 Å². The van der Waals surface area contributed by atoms with Crippen LogP contribution in [-0.4, -0.2) is 43.3 Å². The summed E-state index contributed by atoms with van der Waals surface area (Å²) in [6, 6.07) is 14.9. The molecule has 0 saturated carbocycles. The first-order chi connectivity index (χ1) is 13.1. The fourth-order valence-electron chi connectivity index (χ4n) is 3.95. The van der Waals surface area contributed by atoms with Gasteiger partial charge in [-0.1, -0.05) is 24.3 Å². The number of anilines is 1. The predicted molar refractivity (Wildman–Crippen MR) is 104 cm³/mol. The van der Waals surface area contributed by atoms with E-state index in [2.05, 4.69) is 39.5 Å². The molecule has 1 amide bonds. The van der Waals surface area contributed by atoms with E-state index in [9.17, 15) is 9.18 Å². The number of benzene rings is 2. The van der Waals surface area contributed by atoms with E-state index in [0.29, 0.717) is 6.42 Å². The number of hydrogen-bond acceptors (Lipinski definition) is 4. The Morgan fingerprint density at radius 3 is 2.41 bits per heavy atom. The van der Waals surface area contributed by atoms with E-state index >= 15 is 0 Å². The van der Waals surface area contributed by atoms with Gasteiger partial charge < -0.3 is 10.2 Å². The van der Waals surface area contributed by atoms with E-state index in [4.69, 9.17) is 0 Å². The Kier molecular flexibility index (Phi) is 5.09. The van der Waals surface area contributed by atoms with Gasteiger partial charge in [-0.25, -0.2) is 4.39 Å². The van der Waals surface area contributed by atoms with Crippen LogP contribution in [0.15, 0.2) is 48.5 Å². The number of amides is 1. The van der Waals surface area contributed by atoms with E-state index in [-0.39, 0.29) is 24.1 Å². The van der Waals surface area contributed by atoms with Gasteiger partial charge in [-0.05, 0) is 42.3 Å². The number of halogens is 1. The average molecular weight is 368 g/mol.